The molecule has 3 aromatic rings. The number of aliphatic imine (C=N–C) groups is 1. The lowest BCUT2D eigenvalue weighted by atomic mass is 10.3. The van der Waals surface area contributed by atoms with Gasteiger partial charge in [0.2, 0.25) is 0 Å². The van der Waals surface area contributed by atoms with Gasteiger partial charge in [-0.2, -0.15) is 0 Å². The summed E-state index contributed by atoms with van der Waals surface area (Å²) >= 11 is 11.7. The smallest absolute Gasteiger partial charge is 0.313 e. The number of furan rings is 1. The predicted octanol–water partition coefficient (Wildman–Crippen LogP) is 4.73. The monoisotopic (exact) mass is 433 g/mol. The lowest BCUT2D eigenvalue weighted by Crippen LogP contribution is -2.34. The molecule has 0 radical (unpaired) electrons. The number of nitrogens with one attached hydrogen (secondary N) is 2. The van der Waals surface area contributed by atoms with Gasteiger partial charge < -0.3 is 15.1 Å². The molecule has 148 valence electrons. The van der Waals surface area contributed by atoms with Crippen molar-refractivity contribution in [2.45, 2.75) is 6.54 Å². The number of carbonyl (C=O) groups excluding carboxylic acids is 2. The summed E-state index contributed by atoms with van der Waals surface area (Å²) in [6.45, 7) is -0.0127. The van der Waals surface area contributed by atoms with Gasteiger partial charge in [0.05, 0.1) is 28.5 Å². The highest BCUT2D eigenvalue weighted by Crippen LogP contribution is 2.25. The molecule has 9 heteroatoms. The number of rotatable bonds is 5. The fraction of sp³-hybridized carbons (Fsp3) is 0.0500. The molecule has 1 heterocycles. The van der Waals surface area contributed by atoms with E-state index in [0.29, 0.717) is 22.2 Å². The minimum absolute atomic E-state index is 0.0127. The van der Waals surface area contributed by atoms with Crippen molar-refractivity contribution in [2.75, 3.05) is 5.32 Å². The van der Waals surface area contributed by atoms with Crippen molar-refractivity contribution in [1.82, 2.24) is 5.32 Å². The number of amides is 2. The number of benzene rings is 2. The van der Waals surface area contributed by atoms with Gasteiger partial charge in [0.15, 0.2) is 0 Å². The third-order valence-electron chi connectivity index (χ3n) is 3.67. The highest BCUT2D eigenvalue weighted by atomic mass is 35.5. The van der Waals surface area contributed by atoms with E-state index >= 15 is 0 Å². The van der Waals surface area contributed by atoms with E-state index in [4.69, 9.17) is 27.6 Å². The molecule has 29 heavy (non-hydrogen) atoms. The number of carbonyl (C=O) groups is 2. The van der Waals surface area contributed by atoms with E-state index in [2.05, 4.69) is 15.6 Å². The molecule has 6 nitrogen and oxygen atoms in total. The summed E-state index contributed by atoms with van der Waals surface area (Å²) in [4.78, 5) is 27.9. The molecular weight excluding hydrogens is 420 g/mol. The average Bonchev–Trinajstić information content (AvgIpc) is 3.16. The van der Waals surface area contributed by atoms with E-state index in [1.54, 1.807) is 24.3 Å². The Morgan fingerprint density at radius 3 is 2.59 bits per heavy atom. The summed E-state index contributed by atoms with van der Waals surface area (Å²) < 4.78 is 19.0. The molecule has 0 aliphatic heterocycles. The molecule has 0 spiro atoms. The minimum atomic E-state index is -0.865. The Labute approximate surface area is 175 Å². The maximum atomic E-state index is 13.5. The molecule has 3 rings (SSSR count). The largest absolute Gasteiger partial charge is 0.458 e. The summed E-state index contributed by atoms with van der Waals surface area (Å²) in [6, 6.07) is 13.8. The van der Waals surface area contributed by atoms with Gasteiger partial charge in [-0.1, -0.05) is 35.3 Å². The number of hydrogen-bond acceptors (Lipinski definition) is 4. The molecule has 0 saturated heterocycles. The van der Waals surface area contributed by atoms with E-state index in [9.17, 15) is 14.0 Å². The molecule has 0 saturated carbocycles. The highest BCUT2D eigenvalue weighted by Gasteiger charge is 2.14. The summed E-state index contributed by atoms with van der Waals surface area (Å²) in [5.41, 5.74) is 0.516. The van der Waals surface area contributed by atoms with Gasteiger partial charge in [0.1, 0.15) is 17.3 Å². The second-order valence-corrected chi connectivity index (χ2v) is 6.59. The topological polar surface area (TPSA) is 83.7 Å². The van der Waals surface area contributed by atoms with Crippen molar-refractivity contribution < 1.29 is 18.4 Å². The van der Waals surface area contributed by atoms with E-state index in [0.717, 1.165) is 0 Å². The number of para-hydroxylation sites is 1. The molecule has 2 N–H and O–H groups in total. The van der Waals surface area contributed by atoms with Crippen LogP contribution in [-0.4, -0.2) is 18.0 Å². The first kappa shape index (κ1) is 20.6. The molecule has 0 bridgehead atoms. The maximum Gasteiger partial charge on any atom is 0.313 e. The van der Waals surface area contributed by atoms with Crippen LogP contribution in [0.15, 0.2) is 64.0 Å². The number of anilines is 1. The number of nitrogens with zero attached hydrogens (tertiary/aromatic N) is 1. The molecule has 0 aliphatic rings. The first-order valence-corrected chi connectivity index (χ1v) is 9.09. The quantitative estimate of drug-likeness (QED) is 0.450. The van der Waals surface area contributed by atoms with Crippen LogP contribution >= 0.6 is 23.2 Å². The molecule has 0 atom stereocenters. The van der Waals surface area contributed by atoms with Crippen molar-refractivity contribution >= 4 is 52.6 Å². The maximum absolute atomic E-state index is 13.5. The van der Waals surface area contributed by atoms with E-state index < -0.39 is 17.6 Å². The van der Waals surface area contributed by atoms with Crippen LogP contribution in [0.2, 0.25) is 10.0 Å². The Balaban J connectivity index is 1.53. The molecule has 0 fully saturated rings. The van der Waals surface area contributed by atoms with E-state index in [1.807, 2.05) is 0 Å². The zero-order chi connectivity index (χ0) is 20.8. The highest BCUT2D eigenvalue weighted by molar-refractivity contribution is 6.42. The Bertz CT molecular complexity index is 1080. The second-order valence-electron chi connectivity index (χ2n) is 5.78. The van der Waals surface area contributed by atoms with Gasteiger partial charge in [-0.15, -0.1) is 0 Å². The van der Waals surface area contributed by atoms with Crippen molar-refractivity contribution in [1.29, 1.82) is 0 Å². The van der Waals surface area contributed by atoms with Gasteiger partial charge in [-0.3, -0.25) is 9.59 Å². The summed E-state index contributed by atoms with van der Waals surface area (Å²) in [6.07, 6.45) is 1.36. The van der Waals surface area contributed by atoms with Crippen molar-refractivity contribution in [3.63, 3.8) is 0 Å². The average molecular weight is 434 g/mol. The third kappa shape index (κ3) is 5.66. The van der Waals surface area contributed by atoms with Gasteiger partial charge in [-0.25, -0.2) is 9.38 Å². The van der Waals surface area contributed by atoms with Crippen LogP contribution in [0.25, 0.3) is 0 Å². The Morgan fingerprint density at radius 1 is 1.03 bits per heavy atom. The van der Waals surface area contributed by atoms with Gasteiger partial charge in [-0.05, 0) is 42.5 Å². The summed E-state index contributed by atoms with van der Waals surface area (Å²) in [5.74, 6) is -1.39. The lowest BCUT2D eigenvalue weighted by Gasteiger charge is -2.06. The van der Waals surface area contributed by atoms with Crippen molar-refractivity contribution in [3.05, 3.63) is 82.0 Å². The Kier molecular flexibility index (Phi) is 6.64. The fourth-order valence-corrected chi connectivity index (χ4v) is 2.56. The van der Waals surface area contributed by atoms with Gasteiger partial charge >= 0.3 is 11.8 Å². The van der Waals surface area contributed by atoms with Crippen LogP contribution in [0.3, 0.4) is 0 Å². The Morgan fingerprint density at radius 2 is 1.83 bits per heavy atom. The minimum Gasteiger partial charge on any atom is -0.458 e. The van der Waals surface area contributed by atoms with Crippen LogP contribution in [-0.2, 0) is 16.1 Å². The summed E-state index contributed by atoms with van der Waals surface area (Å²) in [7, 11) is 0. The summed E-state index contributed by atoms with van der Waals surface area (Å²) in [5, 5.41) is 5.44. The van der Waals surface area contributed by atoms with Crippen LogP contribution in [0.4, 0.5) is 15.8 Å². The molecule has 0 aliphatic carbocycles. The van der Waals surface area contributed by atoms with E-state index in [-0.39, 0.29) is 17.3 Å². The van der Waals surface area contributed by atoms with Crippen LogP contribution in [0.1, 0.15) is 11.5 Å². The van der Waals surface area contributed by atoms with Crippen LogP contribution < -0.4 is 10.6 Å². The second kappa shape index (κ2) is 9.36. The first-order chi connectivity index (χ1) is 13.9. The third-order valence-corrected chi connectivity index (χ3v) is 4.41. The fourth-order valence-electron chi connectivity index (χ4n) is 2.26. The SMILES string of the molecule is O=C(NCc1ccc(C=Nc2ccccc2F)o1)C(=O)Nc1ccc(Cl)c(Cl)c1. The zero-order valence-corrected chi connectivity index (χ0v) is 16.3. The number of halogens is 3. The standard InChI is InChI=1S/C20H14Cl2FN3O3/c21-15-8-5-12(9-16(15)22)26-20(28)19(27)25-11-14-7-6-13(29-14)10-24-18-4-2-1-3-17(18)23/h1-10H,11H2,(H,25,27)(H,26,28). The molecule has 2 amide bonds. The van der Waals surface area contributed by atoms with Crippen LogP contribution in [0, 0.1) is 5.82 Å². The normalized spacial score (nSPS) is 10.9. The predicted molar refractivity (Wildman–Crippen MR) is 109 cm³/mol. The zero-order valence-electron chi connectivity index (χ0n) is 14.8. The molecule has 2 aromatic carbocycles. The van der Waals surface area contributed by atoms with Crippen molar-refractivity contribution in [2.24, 2.45) is 4.99 Å². The van der Waals surface area contributed by atoms with Gasteiger partial charge in [0, 0.05) is 5.69 Å². The Hall–Kier alpha value is -3.16. The molecule has 1 aromatic heterocycles. The number of hydrogen-bond donors (Lipinski definition) is 2. The van der Waals surface area contributed by atoms with Crippen molar-refractivity contribution in [3.8, 4) is 0 Å². The van der Waals surface area contributed by atoms with Crippen LogP contribution in [0.5, 0.6) is 0 Å². The van der Waals surface area contributed by atoms with Gasteiger partial charge in [0.25, 0.3) is 0 Å². The van der Waals surface area contributed by atoms with E-state index in [1.165, 1.54) is 36.5 Å². The molecule has 0 unspecified atom stereocenters. The first-order valence-electron chi connectivity index (χ1n) is 8.34. The molecular formula is C20H14Cl2FN3O3. The lowest BCUT2D eigenvalue weighted by molar-refractivity contribution is -0.136.